The lowest BCUT2D eigenvalue weighted by atomic mass is 10.1. The van der Waals surface area contributed by atoms with Gasteiger partial charge in [-0.2, -0.15) is 0 Å². The molecule has 0 saturated carbocycles. The lowest BCUT2D eigenvalue weighted by Crippen LogP contribution is -2.47. The molecule has 0 radical (unpaired) electrons. The van der Waals surface area contributed by atoms with Gasteiger partial charge in [-0.15, -0.1) is 0 Å². The van der Waals surface area contributed by atoms with Crippen molar-refractivity contribution in [3.8, 4) is 0 Å². The molecule has 1 unspecified atom stereocenters. The molecule has 1 aromatic heterocycles. The third kappa shape index (κ3) is 3.64. The highest BCUT2D eigenvalue weighted by Crippen LogP contribution is 2.28. The lowest BCUT2D eigenvalue weighted by Gasteiger charge is -2.35. The van der Waals surface area contributed by atoms with Gasteiger partial charge in [-0.3, -0.25) is 0 Å². The Labute approximate surface area is 126 Å². The summed E-state index contributed by atoms with van der Waals surface area (Å²) in [4.78, 5) is 10.9. The molecule has 0 aromatic carbocycles. The van der Waals surface area contributed by atoms with E-state index in [-0.39, 0.29) is 17.5 Å². The molecule has 6 nitrogen and oxygen atoms in total. The second-order valence-corrected chi connectivity index (χ2v) is 7.69. The zero-order valence-electron chi connectivity index (χ0n) is 13.0. The number of hydrogen-bond acceptors (Lipinski definition) is 6. The fourth-order valence-corrected chi connectivity index (χ4v) is 4.32. The average molecular weight is 312 g/mol. The highest BCUT2D eigenvalue weighted by molar-refractivity contribution is 7.91. The van der Waals surface area contributed by atoms with Crippen LogP contribution in [0.2, 0.25) is 0 Å². The van der Waals surface area contributed by atoms with E-state index in [9.17, 15) is 8.42 Å². The van der Waals surface area contributed by atoms with Crippen LogP contribution in [0.25, 0.3) is 0 Å². The van der Waals surface area contributed by atoms with Crippen molar-refractivity contribution in [2.75, 3.05) is 34.8 Å². The van der Waals surface area contributed by atoms with Gasteiger partial charge in [0, 0.05) is 24.7 Å². The molecule has 2 rings (SSSR count). The van der Waals surface area contributed by atoms with Crippen LogP contribution < -0.4 is 10.2 Å². The summed E-state index contributed by atoms with van der Waals surface area (Å²) in [7, 11) is -2.92. The predicted molar refractivity (Wildman–Crippen MR) is 85.7 cm³/mol. The van der Waals surface area contributed by atoms with E-state index < -0.39 is 9.84 Å². The van der Waals surface area contributed by atoms with Gasteiger partial charge in [0.25, 0.3) is 0 Å². The molecule has 0 amide bonds. The third-order valence-electron chi connectivity index (χ3n) is 3.71. The summed E-state index contributed by atoms with van der Waals surface area (Å²) in [6, 6.07) is -0.0521. The number of nitrogens with one attached hydrogen (secondary N) is 1. The van der Waals surface area contributed by atoms with E-state index in [0.29, 0.717) is 6.54 Å². The van der Waals surface area contributed by atoms with Crippen LogP contribution in [0.15, 0.2) is 6.33 Å². The topological polar surface area (TPSA) is 75.2 Å². The Hall–Kier alpha value is -1.37. The molecular formula is C14H24N4O2S. The number of hydrogen-bond donors (Lipinski definition) is 1. The molecule has 1 fully saturated rings. The van der Waals surface area contributed by atoms with E-state index in [1.807, 2.05) is 13.8 Å². The van der Waals surface area contributed by atoms with Crippen LogP contribution in [0.4, 0.5) is 11.6 Å². The van der Waals surface area contributed by atoms with Crippen LogP contribution in [0.3, 0.4) is 0 Å². The van der Waals surface area contributed by atoms with Gasteiger partial charge in [-0.05, 0) is 20.3 Å². The van der Waals surface area contributed by atoms with E-state index in [1.54, 1.807) is 6.33 Å². The molecular weight excluding hydrogens is 288 g/mol. The van der Waals surface area contributed by atoms with Gasteiger partial charge in [0.05, 0.1) is 11.5 Å². The van der Waals surface area contributed by atoms with E-state index in [4.69, 9.17) is 0 Å². The molecule has 0 spiro atoms. The van der Waals surface area contributed by atoms with Crippen molar-refractivity contribution in [2.24, 2.45) is 0 Å². The quantitative estimate of drug-likeness (QED) is 0.888. The zero-order chi connectivity index (χ0) is 15.5. The summed E-state index contributed by atoms with van der Waals surface area (Å²) in [5, 5.41) is 3.28. The number of anilines is 2. The summed E-state index contributed by atoms with van der Waals surface area (Å²) in [6.45, 7) is 7.41. The minimum atomic E-state index is -2.92. The molecule has 21 heavy (non-hydrogen) atoms. The van der Waals surface area contributed by atoms with Crippen LogP contribution in [0, 0.1) is 0 Å². The number of sulfone groups is 1. The van der Waals surface area contributed by atoms with Crippen molar-refractivity contribution in [3.63, 3.8) is 0 Å². The van der Waals surface area contributed by atoms with Crippen LogP contribution in [0.5, 0.6) is 0 Å². The number of rotatable bonds is 5. The van der Waals surface area contributed by atoms with Crippen molar-refractivity contribution >= 4 is 21.5 Å². The van der Waals surface area contributed by atoms with Gasteiger partial charge in [-0.1, -0.05) is 13.3 Å². The fourth-order valence-electron chi connectivity index (χ4n) is 2.76. The fraction of sp³-hybridized carbons (Fsp3) is 0.714. The van der Waals surface area contributed by atoms with Crippen LogP contribution in [-0.2, 0) is 16.3 Å². The first kappa shape index (κ1) is 16.0. The Morgan fingerprint density at radius 1 is 1.38 bits per heavy atom. The zero-order valence-corrected chi connectivity index (χ0v) is 13.8. The molecule has 1 atom stereocenters. The summed E-state index contributed by atoms with van der Waals surface area (Å²) in [6.07, 6.45) is 3.44. The molecule has 0 aliphatic carbocycles. The van der Waals surface area contributed by atoms with Gasteiger partial charge in [0.2, 0.25) is 0 Å². The molecule has 1 aliphatic heterocycles. The monoisotopic (exact) mass is 312 g/mol. The summed E-state index contributed by atoms with van der Waals surface area (Å²) in [5.41, 5.74) is 1.09. The summed E-state index contributed by atoms with van der Waals surface area (Å²) in [5.74, 6) is 2.14. The molecule has 7 heteroatoms. The van der Waals surface area contributed by atoms with Crippen molar-refractivity contribution in [1.82, 2.24) is 9.97 Å². The van der Waals surface area contributed by atoms with Crippen molar-refractivity contribution in [2.45, 2.75) is 39.7 Å². The first-order valence-electron chi connectivity index (χ1n) is 7.53. The summed E-state index contributed by atoms with van der Waals surface area (Å²) >= 11 is 0. The molecule has 1 aliphatic rings. The lowest BCUT2D eigenvalue weighted by molar-refractivity contribution is 0.566. The SMILES string of the molecule is CCCc1c(NCC)ncnc1N1CCS(=O)(=O)CC1C. The Balaban J connectivity index is 2.36. The number of nitrogens with zero attached hydrogens (tertiary/aromatic N) is 3. The Kier molecular flexibility index (Phi) is 5.03. The highest BCUT2D eigenvalue weighted by atomic mass is 32.2. The molecule has 1 saturated heterocycles. The minimum Gasteiger partial charge on any atom is -0.370 e. The van der Waals surface area contributed by atoms with Gasteiger partial charge < -0.3 is 10.2 Å². The van der Waals surface area contributed by atoms with Gasteiger partial charge in [-0.25, -0.2) is 18.4 Å². The molecule has 1 aromatic rings. The van der Waals surface area contributed by atoms with E-state index in [2.05, 4.69) is 27.1 Å². The predicted octanol–water partition coefficient (Wildman–Crippen LogP) is 1.48. The van der Waals surface area contributed by atoms with Crippen molar-refractivity contribution < 1.29 is 8.42 Å². The molecule has 1 N–H and O–H groups in total. The molecule has 118 valence electrons. The number of aromatic nitrogens is 2. The van der Waals surface area contributed by atoms with Crippen molar-refractivity contribution in [3.05, 3.63) is 11.9 Å². The normalized spacial score (nSPS) is 21.3. The largest absolute Gasteiger partial charge is 0.370 e. The Morgan fingerprint density at radius 3 is 2.76 bits per heavy atom. The second-order valence-electron chi connectivity index (χ2n) is 5.46. The molecule has 2 heterocycles. The highest BCUT2D eigenvalue weighted by Gasteiger charge is 2.30. The first-order valence-corrected chi connectivity index (χ1v) is 9.35. The van der Waals surface area contributed by atoms with E-state index in [1.165, 1.54) is 0 Å². The Morgan fingerprint density at radius 2 is 2.14 bits per heavy atom. The molecule has 0 bridgehead atoms. The Bertz CT molecular complexity index is 589. The minimum absolute atomic E-state index is 0.0521. The smallest absolute Gasteiger partial charge is 0.154 e. The maximum absolute atomic E-state index is 11.7. The second kappa shape index (κ2) is 6.60. The van der Waals surface area contributed by atoms with E-state index >= 15 is 0 Å². The standard InChI is InChI=1S/C14H24N4O2S/c1-4-6-12-13(15-5-2)16-10-17-14(12)18-7-8-21(19,20)9-11(18)3/h10-11H,4-9H2,1-3H3,(H,15,16,17). The van der Waals surface area contributed by atoms with E-state index in [0.717, 1.165) is 36.6 Å². The van der Waals surface area contributed by atoms with Crippen LogP contribution in [0.1, 0.15) is 32.8 Å². The maximum Gasteiger partial charge on any atom is 0.154 e. The van der Waals surface area contributed by atoms with Gasteiger partial charge in [0.15, 0.2) is 9.84 Å². The third-order valence-corrected chi connectivity index (χ3v) is 5.50. The summed E-state index contributed by atoms with van der Waals surface area (Å²) < 4.78 is 23.5. The van der Waals surface area contributed by atoms with Crippen LogP contribution >= 0.6 is 0 Å². The van der Waals surface area contributed by atoms with Crippen LogP contribution in [-0.4, -0.2) is 49.0 Å². The average Bonchev–Trinajstić information content (AvgIpc) is 2.41. The van der Waals surface area contributed by atoms with Gasteiger partial charge >= 0.3 is 0 Å². The maximum atomic E-state index is 11.7. The first-order chi connectivity index (χ1) is 9.98. The van der Waals surface area contributed by atoms with Gasteiger partial charge in [0.1, 0.15) is 18.0 Å². The van der Waals surface area contributed by atoms with Crippen molar-refractivity contribution in [1.29, 1.82) is 0 Å².